The van der Waals surface area contributed by atoms with Crippen molar-refractivity contribution in [2.45, 2.75) is 43.1 Å². The first-order valence-corrected chi connectivity index (χ1v) is 7.17. The van der Waals surface area contributed by atoms with E-state index in [1.165, 1.54) is 12.1 Å². The summed E-state index contributed by atoms with van der Waals surface area (Å²) in [6.07, 6.45) is 4.48. The molecule has 0 spiro atoms. The van der Waals surface area contributed by atoms with Crippen molar-refractivity contribution in [3.63, 3.8) is 0 Å². The summed E-state index contributed by atoms with van der Waals surface area (Å²) in [4.78, 5) is 0.0180. The Morgan fingerprint density at radius 1 is 1.06 bits per heavy atom. The number of hydrogen-bond acceptors (Lipinski definition) is 3. The third kappa shape index (κ3) is 3.26. The molecule has 0 unspecified atom stereocenters. The summed E-state index contributed by atoms with van der Waals surface area (Å²) in [7, 11) is -3.74. The van der Waals surface area contributed by atoms with Crippen LogP contribution >= 0.6 is 0 Å². The smallest absolute Gasteiger partial charge is 0.263 e. The van der Waals surface area contributed by atoms with Gasteiger partial charge in [-0.3, -0.25) is 4.18 Å². The van der Waals surface area contributed by atoms with Crippen molar-refractivity contribution >= 4 is 10.1 Å². The molecule has 17 heavy (non-hydrogen) atoms. The molecular formula is C12H15FO3S. The number of benzene rings is 1. The van der Waals surface area contributed by atoms with Crippen molar-refractivity contribution in [2.75, 3.05) is 0 Å². The van der Waals surface area contributed by atoms with E-state index in [1.807, 2.05) is 0 Å². The zero-order valence-corrected chi connectivity index (χ0v) is 10.2. The maximum absolute atomic E-state index is 12.7. The van der Waals surface area contributed by atoms with E-state index in [2.05, 4.69) is 0 Å². The Hall–Kier alpha value is -0.940. The molecule has 1 aliphatic carbocycles. The summed E-state index contributed by atoms with van der Waals surface area (Å²) in [6, 6.07) is 4.70. The fraction of sp³-hybridized carbons (Fsp3) is 0.500. The molecule has 2 rings (SSSR count). The summed E-state index contributed by atoms with van der Waals surface area (Å²) in [5.74, 6) is -0.457. The lowest BCUT2D eigenvalue weighted by molar-refractivity contribution is 0.162. The van der Waals surface area contributed by atoms with Crippen molar-refractivity contribution < 1.29 is 17.0 Å². The van der Waals surface area contributed by atoms with Crippen molar-refractivity contribution in [2.24, 2.45) is 0 Å². The van der Waals surface area contributed by atoms with Crippen LogP contribution in [0.1, 0.15) is 32.1 Å². The lowest BCUT2D eigenvalue weighted by Gasteiger charge is -2.21. The van der Waals surface area contributed by atoms with E-state index in [0.29, 0.717) is 0 Å². The van der Waals surface area contributed by atoms with E-state index in [9.17, 15) is 12.8 Å². The van der Waals surface area contributed by atoms with Gasteiger partial charge in [0.05, 0.1) is 11.0 Å². The average Bonchev–Trinajstić information content (AvgIpc) is 2.30. The van der Waals surface area contributed by atoms with Gasteiger partial charge in [-0.25, -0.2) is 4.39 Å². The highest BCUT2D eigenvalue weighted by molar-refractivity contribution is 7.86. The highest BCUT2D eigenvalue weighted by Crippen LogP contribution is 2.24. The maximum atomic E-state index is 12.7. The molecule has 1 aliphatic rings. The summed E-state index contributed by atoms with van der Waals surface area (Å²) >= 11 is 0. The highest BCUT2D eigenvalue weighted by Gasteiger charge is 2.23. The van der Waals surface area contributed by atoms with E-state index in [0.717, 1.165) is 44.2 Å². The van der Waals surface area contributed by atoms with E-state index >= 15 is 0 Å². The van der Waals surface area contributed by atoms with Gasteiger partial charge >= 0.3 is 0 Å². The standard InChI is InChI=1S/C12H15FO3S/c13-10-6-8-12(9-7-10)17(14,15)16-11-4-2-1-3-5-11/h6-9,11H,1-5H2. The minimum absolute atomic E-state index is 0.0180. The van der Waals surface area contributed by atoms with Gasteiger partial charge in [-0.05, 0) is 37.1 Å². The minimum Gasteiger partial charge on any atom is -0.263 e. The molecule has 1 saturated carbocycles. The first-order chi connectivity index (χ1) is 8.08. The van der Waals surface area contributed by atoms with Gasteiger partial charge in [0, 0.05) is 0 Å². The van der Waals surface area contributed by atoms with Crippen LogP contribution in [-0.2, 0) is 14.3 Å². The zero-order valence-electron chi connectivity index (χ0n) is 9.43. The van der Waals surface area contributed by atoms with Gasteiger partial charge in [0.2, 0.25) is 0 Å². The molecule has 0 bridgehead atoms. The topological polar surface area (TPSA) is 43.4 Å². The lowest BCUT2D eigenvalue weighted by Crippen LogP contribution is -2.21. The SMILES string of the molecule is O=S(=O)(OC1CCCCC1)c1ccc(F)cc1. The second-order valence-corrected chi connectivity index (χ2v) is 5.84. The minimum atomic E-state index is -3.74. The van der Waals surface area contributed by atoms with E-state index < -0.39 is 15.9 Å². The number of hydrogen-bond donors (Lipinski definition) is 0. The van der Waals surface area contributed by atoms with E-state index in [-0.39, 0.29) is 11.0 Å². The predicted octanol–water partition coefficient (Wildman–Crippen LogP) is 2.86. The molecule has 0 saturated heterocycles. The fourth-order valence-corrected chi connectivity index (χ4v) is 3.13. The Kier molecular flexibility index (Phi) is 3.79. The van der Waals surface area contributed by atoms with Gasteiger partial charge in [0.15, 0.2) is 0 Å². The van der Waals surface area contributed by atoms with Gasteiger partial charge in [0.25, 0.3) is 10.1 Å². The lowest BCUT2D eigenvalue weighted by atomic mass is 9.98. The van der Waals surface area contributed by atoms with Gasteiger partial charge in [0.1, 0.15) is 5.82 Å². The van der Waals surface area contributed by atoms with Crippen molar-refractivity contribution in [1.29, 1.82) is 0 Å². The summed E-state index contributed by atoms with van der Waals surface area (Å²) in [5, 5.41) is 0. The van der Waals surface area contributed by atoms with Gasteiger partial charge in [-0.1, -0.05) is 19.3 Å². The normalized spacial score (nSPS) is 18.2. The second-order valence-electron chi connectivity index (χ2n) is 4.26. The fourth-order valence-electron chi connectivity index (χ4n) is 2.00. The third-order valence-electron chi connectivity index (χ3n) is 2.92. The van der Waals surface area contributed by atoms with Crippen LogP contribution in [0.25, 0.3) is 0 Å². The highest BCUT2D eigenvalue weighted by atomic mass is 32.2. The van der Waals surface area contributed by atoms with Crippen LogP contribution in [0.4, 0.5) is 4.39 Å². The first-order valence-electron chi connectivity index (χ1n) is 5.77. The van der Waals surface area contributed by atoms with Crippen molar-refractivity contribution in [3.8, 4) is 0 Å². The first kappa shape index (κ1) is 12.5. The molecule has 0 heterocycles. The largest absolute Gasteiger partial charge is 0.297 e. The molecule has 0 N–H and O–H groups in total. The van der Waals surface area contributed by atoms with E-state index in [4.69, 9.17) is 4.18 Å². The van der Waals surface area contributed by atoms with Crippen molar-refractivity contribution in [1.82, 2.24) is 0 Å². The summed E-state index contributed by atoms with van der Waals surface area (Å²) < 4.78 is 41.6. The Morgan fingerprint density at radius 3 is 2.24 bits per heavy atom. The molecule has 0 aliphatic heterocycles. The zero-order chi connectivity index (χ0) is 12.3. The summed E-state index contributed by atoms with van der Waals surface area (Å²) in [5.41, 5.74) is 0. The molecule has 5 heteroatoms. The molecule has 0 amide bonds. The Labute approximate surface area is 101 Å². The van der Waals surface area contributed by atoms with Crippen LogP contribution in [0.2, 0.25) is 0 Å². The average molecular weight is 258 g/mol. The molecule has 3 nitrogen and oxygen atoms in total. The van der Waals surface area contributed by atoms with E-state index in [1.54, 1.807) is 0 Å². The predicted molar refractivity (Wildman–Crippen MR) is 61.5 cm³/mol. The Bertz CT molecular complexity index is 461. The maximum Gasteiger partial charge on any atom is 0.297 e. The molecule has 0 atom stereocenters. The quantitative estimate of drug-likeness (QED) is 0.783. The van der Waals surface area contributed by atoms with Gasteiger partial charge < -0.3 is 0 Å². The molecule has 1 aromatic rings. The second kappa shape index (κ2) is 5.14. The molecule has 0 aromatic heterocycles. The van der Waals surface area contributed by atoms with Crippen LogP contribution in [0, 0.1) is 5.82 Å². The monoisotopic (exact) mass is 258 g/mol. The Balaban J connectivity index is 2.10. The molecule has 94 valence electrons. The molecular weight excluding hydrogens is 243 g/mol. The Morgan fingerprint density at radius 2 is 1.65 bits per heavy atom. The molecule has 0 radical (unpaired) electrons. The van der Waals surface area contributed by atoms with Crippen LogP contribution in [0.3, 0.4) is 0 Å². The van der Waals surface area contributed by atoms with Crippen LogP contribution in [0.5, 0.6) is 0 Å². The third-order valence-corrected chi connectivity index (χ3v) is 4.29. The molecule has 1 aromatic carbocycles. The van der Waals surface area contributed by atoms with Gasteiger partial charge in [-0.2, -0.15) is 8.42 Å². The van der Waals surface area contributed by atoms with Crippen LogP contribution in [-0.4, -0.2) is 14.5 Å². The number of rotatable bonds is 3. The van der Waals surface area contributed by atoms with Gasteiger partial charge in [-0.15, -0.1) is 0 Å². The van der Waals surface area contributed by atoms with Crippen LogP contribution < -0.4 is 0 Å². The molecule has 1 fully saturated rings. The summed E-state index contributed by atoms with van der Waals surface area (Å²) in [6.45, 7) is 0. The number of halogens is 1. The van der Waals surface area contributed by atoms with Crippen LogP contribution in [0.15, 0.2) is 29.2 Å². The van der Waals surface area contributed by atoms with Crippen molar-refractivity contribution in [3.05, 3.63) is 30.1 Å².